The summed E-state index contributed by atoms with van der Waals surface area (Å²) in [5.74, 6) is 0. The highest BCUT2D eigenvalue weighted by Gasteiger charge is 2.26. The van der Waals surface area contributed by atoms with Gasteiger partial charge in [-0.3, -0.25) is 9.29 Å². The van der Waals surface area contributed by atoms with E-state index in [1.165, 1.54) is 4.31 Å². The van der Waals surface area contributed by atoms with Crippen LogP contribution in [0.4, 0.5) is 5.69 Å². The van der Waals surface area contributed by atoms with Crippen molar-refractivity contribution in [2.75, 3.05) is 10.8 Å². The third kappa shape index (κ3) is 1.38. The maximum Gasteiger partial charge on any atom is 0.299 e. The fraction of sp³-hybridized carbons (Fsp3) is 0.286. The number of rotatable bonds is 1. The monoisotopic (exact) mass is 199 g/mol. The predicted octanol–water partition coefficient (Wildman–Crippen LogP) is -0.352. The number of anilines is 1. The van der Waals surface area contributed by atoms with Gasteiger partial charge in [0.05, 0.1) is 5.69 Å². The fourth-order valence-electron chi connectivity index (χ4n) is 1.46. The number of aromatic nitrogens is 1. The van der Waals surface area contributed by atoms with Crippen molar-refractivity contribution in [3.63, 3.8) is 0 Å². The van der Waals surface area contributed by atoms with Crippen molar-refractivity contribution >= 4 is 15.9 Å². The van der Waals surface area contributed by atoms with Crippen molar-refractivity contribution in [3.8, 4) is 0 Å². The molecule has 0 spiro atoms. The molecule has 1 aliphatic heterocycles. The van der Waals surface area contributed by atoms with E-state index in [2.05, 4.69) is 4.98 Å². The summed E-state index contributed by atoms with van der Waals surface area (Å²) in [5, 5.41) is 5.03. The van der Waals surface area contributed by atoms with Gasteiger partial charge in [-0.25, -0.2) is 5.14 Å². The van der Waals surface area contributed by atoms with Gasteiger partial charge in [0.15, 0.2) is 0 Å². The lowest BCUT2D eigenvalue weighted by molar-refractivity contribution is 0.594. The summed E-state index contributed by atoms with van der Waals surface area (Å²) in [6, 6.07) is 1.66. The Hall–Kier alpha value is -1.14. The van der Waals surface area contributed by atoms with E-state index in [9.17, 15) is 8.42 Å². The van der Waals surface area contributed by atoms with E-state index >= 15 is 0 Å². The highest BCUT2D eigenvalue weighted by Crippen LogP contribution is 2.27. The van der Waals surface area contributed by atoms with Gasteiger partial charge in [0.1, 0.15) is 0 Å². The summed E-state index contributed by atoms with van der Waals surface area (Å²) in [6.45, 7) is 0.417. The SMILES string of the molecule is NS(=O)(=O)N1CCc2cnccc21. The number of hydrogen-bond acceptors (Lipinski definition) is 3. The standard InChI is InChI=1S/C7H9N3O2S/c8-13(11,12)10-4-2-6-5-9-3-1-7(6)10/h1,3,5H,2,4H2,(H2,8,11,12). The molecule has 0 bridgehead atoms. The molecule has 1 aromatic rings. The Morgan fingerprint density at radius 1 is 1.54 bits per heavy atom. The molecular weight excluding hydrogens is 190 g/mol. The molecular formula is C7H9N3O2S. The maximum absolute atomic E-state index is 11.1. The molecule has 0 saturated heterocycles. The molecule has 1 aromatic heterocycles. The largest absolute Gasteiger partial charge is 0.299 e. The van der Waals surface area contributed by atoms with Crippen molar-refractivity contribution in [2.24, 2.45) is 5.14 Å². The van der Waals surface area contributed by atoms with Crippen LogP contribution in [-0.2, 0) is 16.6 Å². The second-order valence-corrected chi connectivity index (χ2v) is 4.34. The minimum atomic E-state index is -3.61. The lowest BCUT2D eigenvalue weighted by Gasteiger charge is -2.14. The van der Waals surface area contributed by atoms with Crippen LogP contribution in [0.5, 0.6) is 0 Å². The van der Waals surface area contributed by atoms with Crippen LogP contribution >= 0.6 is 0 Å². The molecule has 0 saturated carbocycles. The topological polar surface area (TPSA) is 76.3 Å². The summed E-state index contributed by atoms with van der Waals surface area (Å²) in [4.78, 5) is 3.91. The van der Waals surface area contributed by atoms with Gasteiger partial charge in [-0.2, -0.15) is 8.42 Å². The molecule has 70 valence electrons. The fourth-order valence-corrected chi connectivity index (χ4v) is 2.26. The Morgan fingerprint density at radius 3 is 3.00 bits per heavy atom. The number of nitrogens with two attached hydrogens (primary N) is 1. The first-order valence-electron chi connectivity index (χ1n) is 3.82. The Kier molecular flexibility index (Phi) is 1.74. The molecule has 0 unspecified atom stereocenters. The third-order valence-electron chi connectivity index (χ3n) is 2.04. The summed E-state index contributed by atoms with van der Waals surface area (Å²) in [5.41, 5.74) is 1.58. The number of fused-ring (bicyclic) bond motifs is 1. The number of pyridine rings is 1. The van der Waals surface area contributed by atoms with Crippen LogP contribution in [0.3, 0.4) is 0 Å². The van der Waals surface area contributed by atoms with Gasteiger partial charge in [0.25, 0.3) is 10.2 Å². The molecule has 0 radical (unpaired) electrons. The average Bonchev–Trinajstić information content (AvgIpc) is 2.45. The van der Waals surface area contributed by atoms with Crippen molar-refractivity contribution in [1.82, 2.24) is 4.98 Å². The van der Waals surface area contributed by atoms with Crippen molar-refractivity contribution < 1.29 is 8.42 Å². The maximum atomic E-state index is 11.1. The first-order valence-corrected chi connectivity index (χ1v) is 5.33. The highest BCUT2D eigenvalue weighted by molar-refractivity contribution is 7.90. The van der Waals surface area contributed by atoms with Crippen molar-refractivity contribution in [1.29, 1.82) is 0 Å². The molecule has 2 rings (SSSR count). The Morgan fingerprint density at radius 2 is 2.31 bits per heavy atom. The van der Waals surface area contributed by atoms with Crippen LogP contribution in [0, 0.1) is 0 Å². The van der Waals surface area contributed by atoms with Crippen LogP contribution in [0.1, 0.15) is 5.56 Å². The van der Waals surface area contributed by atoms with Crippen LogP contribution in [0.2, 0.25) is 0 Å². The van der Waals surface area contributed by atoms with E-state index in [0.717, 1.165) is 5.56 Å². The van der Waals surface area contributed by atoms with Gasteiger partial charge in [-0.05, 0) is 18.1 Å². The minimum Gasteiger partial charge on any atom is -0.264 e. The molecule has 2 heterocycles. The Labute approximate surface area is 76.4 Å². The molecule has 0 aliphatic carbocycles. The molecule has 2 N–H and O–H groups in total. The zero-order valence-corrected chi connectivity index (χ0v) is 7.66. The average molecular weight is 199 g/mol. The smallest absolute Gasteiger partial charge is 0.264 e. The highest BCUT2D eigenvalue weighted by atomic mass is 32.2. The van der Waals surface area contributed by atoms with Crippen LogP contribution in [0.25, 0.3) is 0 Å². The van der Waals surface area contributed by atoms with E-state index < -0.39 is 10.2 Å². The Balaban J connectivity index is 2.51. The summed E-state index contributed by atoms with van der Waals surface area (Å²) in [6.07, 6.45) is 3.91. The summed E-state index contributed by atoms with van der Waals surface area (Å²) < 4.78 is 23.4. The summed E-state index contributed by atoms with van der Waals surface area (Å²) >= 11 is 0. The van der Waals surface area contributed by atoms with E-state index in [1.807, 2.05) is 0 Å². The van der Waals surface area contributed by atoms with Gasteiger partial charge in [-0.15, -0.1) is 0 Å². The van der Waals surface area contributed by atoms with Gasteiger partial charge in [-0.1, -0.05) is 0 Å². The lowest BCUT2D eigenvalue weighted by atomic mass is 10.2. The second kappa shape index (κ2) is 2.68. The van der Waals surface area contributed by atoms with E-state index in [-0.39, 0.29) is 0 Å². The quantitative estimate of drug-likeness (QED) is 0.671. The van der Waals surface area contributed by atoms with Crippen molar-refractivity contribution in [3.05, 3.63) is 24.0 Å². The zero-order chi connectivity index (χ0) is 9.47. The van der Waals surface area contributed by atoms with Crippen LogP contribution in [-0.4, -0.2) is 19.9 Å². The third-order valence-corrected chi connectivity index (χ3v) is 3.03. The lowest BCUT2D eigenvalue weighted by Crippen LogP contribution is -2.35. The van der Waals surface area contributed by atoms with Gasteiger partial charge >= 0.3 is 0 Å². The zero-order valence-electron chi connectivity index (χ0n) is 6.84. The number of hydrogen-bond donors (Lipinski definition) is 1. The van der Waals surface area contributed by atoms with Crippen molar-refractivity contribution in [2.45, 2.75) is 6.42 Å². The molecule has 0 atom stereocenters. The molecule has 5 nitrogen and oxygen atoms in total. The van der Waals surface area contributed by atoms with Gasteiger partial charge < -0.3 is 0 Å². The van der Waals surface area contributed by atoms with E-state index in [1.54, 1.807) is 18.5 Å². The van der Waals surface area contributed by atoms with Gasteiger partial charge in [0, 0.05) is 18.9 Å². The molecule has 13 heavy (non-hydrogen) atoms. The number of nitrogens with zero attached hydrogens (tertiary/aromatic N) is 2. The normalized spacial score (nSPS) is 15.9. The summed E-state index contributed by atoms with van der Waals surface area (Å²) in [7, 11) is -3.61. The first kappa shape index (κ1) is 8.46. The molecule has 0 fully saturated rings. The molecule has 0 amide bonds. The van der Waals surface area contributed by atoms with Crippen LogP contribution in [0.15, 0.2) is 18.5 Å². The van der Waals surface area contributed by atoms with Gasteiger partial charge in [0.2, 0.25) is 0 Å². The minimum absolute atomic E-state index is 0.417. The van der Waals surface area contributed by atoms with Crippen LogP contribution < -0.4 is 9.44 Å². The molecule has 1 aliphatic rings. The van der Waals surface area contributed by atoms with E-state index in [0.29, 0.717) is 18.7 Å². The predicted molar refractivity (Wildman–Crippen MR) is 48.4 cm³/mol. The first-order chi connectivity index (χ1) is 6.09. The Bertz CT molecular complexity index is 429. The molecule has 0 aromatic carbocycles. The molecule has 6 heteroatoms. The van der Waals surface area contributed by atoms with E-state index in [4.69, 9.17) is 5.14 Å². The second-order valence-electron chi connectivity index (χ2n) is 2.87.